The van der Waals surface area contributed by atoms with Gasteiger partial charge in [0.25, 0.3) is 0 Å². The van der Waals surface area contributed by atoms with Gasteiger partial charge >= 0.3 is 0 Å². The maximum absolute atomic E-state index is 9.75. The van der Waals surface area contributed by atoms with Gasteiger partial charge < -0.3 is 5.11 Å². The number of phenolic OH excluding ortho intramolecular Hbond substituents is 1. The zero-order valence-corrected chi connectivity index (χ0v) is 13.7. The van der Waals surface area contributed by atoms with E-state index in [1.54, 1.807) is 0 Å². The van der Waals surface area contributed by atoms with E-state index in [4.69, 9.17) is 6.42 Å². The highest BCUT2D eigenvalue weighted by molar-refractivity contribution is 5.40. The Labute approximate surface area is 134 Å². The summed E-state index contributed by atoms with van der Waals surface area (Å²) >= 11 is 0. The largest absolute Gasteiger partial charge is 0.508 e. The molecule has 4 rings (SSSR count). The first-order valence-electron chi connectivity index (χ1n) is 8.78. The van der Waals surface area contributed by atoms with E-state index in [-0.39, 0.29) is 5.41 Å². The molecule has 0 radical (unpaired) electrons. The lowest BCUT2D eigenvalue weighted by molar-refractivity contribution is 0.00890. The summed E-state index contributed by atoms with van der Waals surface area (Å²) in [4.78, 5) is 0. The Bertz CT molecular complexity index is 654. The lowest BCUT2D eigenvalue weighted by atomic mass is 9.51. The first-order chi connectivity index (χ1) is 10.5. The molecule has 0 spiro atoms. The molecule has 0 heterocycles. The maximum atomic E-state index is 9.75. The molecule has 0 aliphatic heterocycles. The summed E-state index contributed by atoms with van der Waals surface area (Å²) in [6, 6.07) is 6.04. The Balaban J connectivity index is 1.72. The minimum Gasteiger partial charge on any atom is -0.508 e. The van der Waals surface area contributed by atoms with E-state index in [0.29, 0.717) is 17.1 Å². The van der Waals surface area contributed by atoms with Gasteiger partial charge in [-0.1, -0.05) is 18.9 Å². The molecule has 3 aliphatic carbocycles. The second kappa shape index (κ2) is 4.54. The van der Waals surface area contributed by atoms with Gasteiger partial charge in [0.15, 0.2) is 0 Å². The van der Waals surface area contributed by atoms with Crippen LogP contribution in [0.15, 0.2) is 18.2 Å². The average Bonchev–Trinajstić information content (AvgIpc) is 2.79. The number of phenols is 1. The number of hydrogen-bond donors (Lipinski definition) is 1. The Hall–Kier alpha value is -1.42. The highest BCUT2D eigenvalue weighted by Gasteiger charge is 2.59. The normalized spacial score (nSPS) is 42.9. The molecule has 0 amide bonds. The van der Waals surface area contributed by atoms with Crippen molar-refractivity contribution in [3.63, 3.8) is 0 Å². The summed E-state index contributed by atoms with van der Waals surface area (Å²) < 4.78 is 0. The average molecular weight is 294 g/mol. The molecule has 0 saturated heterocycles. The zero-order chi connectivity index (χ0) is 15.5. The van der Waals surface area contributed by atoms with Gasteiger partial charge in [0, 0.05) is 5.41 Å². The molecule has 22 heavy (non-hydrogen) atoms. The van der Waals surface area contributed by atoms with Crippen molar-refractivity contribution < 1.29 is 5.11 Å². The predicted octanol–water partition coefficient (Wildman–Crippen LogP) is 4.89. The maximum Gasteiger partial charge on any atom is 0.115 e. The molecule has 5 atom stereocenters. The van der Waals surface area contributed by atoms with Crippen molar-refractivity contribution in [1.82, 2.24) is 0 Å². The fourth-order valence-corrected chi connectivity index (χ4v) is 6.07. The molecule has 2 saturated carbocycles. The lowest BCUT2D eigenvalue weighted by Gasteiger charge is -2.53. The molecular weight excluding hydrogens is 268 g/mol. The number of rotatable bonds is 0. The third kappa shape index (κ3) is 1.67. The van der Waals surface area contributed by atoms with Crippen molar-refractivity contribution in [3.05, 3.63) is 29.3 Å². The van der Waals surface area contributed by atoms with Crippen molar-refractivity contribution >= 4 is 0 Å². The summed E-state index contributed by atoms with van der Waals surface area (Å²) in [5.41, 5.74) is 3.28. The second-order valence-electron chi connectivity index (χ2n) is 8.27. The van der Waals surface area contributed by atoms with Gasteiger partial charge in [0.2, 0.25) is 0 Å². The smallest absolute Gasteiger partial charge is 0.115 e. The van der Waals surface area contributed by atoms with Crippen molar-refractivity contribution in [1.29, 1.82) is 0 Å². The predicted molar refractivity (Wildman–Crippen MR) is 89.7 cm³/mol. The van der Waals surface area contributed by atoms with E-state index in [1.807, 2.05) is 12.1 Å². The van der Waals surface area contributed by atoms with Crippen LogP contribution >= 0.6 is 0 Å². The number of aryl methyl sites for hydroxylation is 1. The number of hydrogen-bond acceptors (Lipinski definition) is 1. The molecule has 1 aromatic carbocycles. The SMILES string of the molecule is C#CC1(C)CC[C@H]2[C@@H]3CCc4cc(O)ccc4[C@H]3CC[C@@]21C. The Morgan fingerprint density at radius 3 is 2.77 bits per heavy atom. The number of benzene rings is 1. The van der Waals surface area contributed by atoms with Crippen LogP contribution in [0.1, 0.15) is 63.0 Å². The van der Waals surface area contributed by atoms with Crippen molar-refractivity contribution in [2.45, 2.75) is 58.3 Å². The van der Waals surface area contributed by atoms with Gasteiger partial charge in [0.1, 0.15) is 5.75 Å². The van der Waals surface area contributed by atoms with Crippen molar-refractivity contribution in [2.75, 3.05) is 0 Å². The van der Waals surface area contributed by atoms with Crippen LogP contribution in [0.4, 0.5) is 0 Å². The Morgan fingerprint density at radius 1 is 1.18 bits per heavy atom. The van der Waals surface area contributed by atoms with Gasteiger partial charge in [-0.25, -0.2) is 0 Å². The van der Waals surface area contributed by atoms with Crippen LogP contribution in [-0.4, -0.2) is 5.11 Å². The highest BCUT2D eigenvalue weighted by atomic mass is 16.3. The highest BCUT2D eigenvalue weighted by Crippen LogP contribution is 2.67. The summed E-state index contributed by atoms with van der Waals surface area (Å²) in [6.45, 7) is 4.79. The molecule has 2 fully saturated rings. The molecule has 1 N–H and O–H groups in total. The summed E-state index contributed by atoms with van der Waals surface area (Å²) in [5.74, 6) is 5.82. The number of terminal acetylenes is 1. The molecular formula is C21H26O. The van der Waals surface area contributed by atoms with E-state index in [9.17, 15) is 5.11 Å². The molecule has 1 nitrogen and oxygen atoms in total. The van der Waals surface area contributed by atoms with Gasteiger partial charge in [-0.3, -0.25) is 0 Å². The van der Waals surface area contributed by atoms with Crippen LogP contribution in [-0.2, 0) is 6.42 Å². The van der Waals surface area contributed by atoms with Gasteiger partial charge in [-0.05, 0) is 91.9 Å². The van der Waals surface area contributed by atoms with Crippen LogP contribution in [0.3, 0.4) is 0 Å². The van der Waals surface area contributed by atoms with Crippen LogP contribution in [0.2, 0.25) is 0 Å². The minimum atomic E-state index is 0.0812. The topological polar surface area (TPSA) is 20.2 Å². The first-order valence-corrected chi connectivity index (χ1v) is 8.78. The van der Waals surface area contributed by atoms with Crippen LogP contribution in [0.5, 0.6) is 5.75 Å². The molecule has 0 bridgehead atoms. The van der Waals surface area contributed by atoms with Crippen molar-refractivity contribution in [3.8, 4) is 18.1 Å². The number of aromatic hydroxyl groups is 1. The molecule has 3 aliphatic rings. The third-order valence-electron chi connectivity index (χ3n) is 7.63. The van der Waals surface area contributed by atoms with Gasteiger partial charge in [-0.2, -0.15) is 0 Å². The van der Waals surface area contributed by atoms with E-state index in [1.165, 1.54) is 43.2 Å². The summed E-state index contributed by atoms with van der Waals surface area (Å²) in [6.07, 6.45) is 13.3. The molecule has 116 valence electrons. The molecule has 1 unspecified atom stereocenters. The van der Waals surface area contributed by atoms with E-state index in [2.05, 4.69) is 25.8 Å². The van der Waals surface area contributed by atoms with Gasteiger partial charge in [0.05, 0.1) is 0 Å². The molecule has 1 aromatic rings. The lowest BCUT2D eigenvalue weighted by Crippen LogP contribution is -2.45. The summed E-state index contributed by atoms with van der Waals surface area (Å²) in [5, 5.41) is 9.75. The van der Waals surface area contributed by atoms with Crippen LogP contribution in [0, 0.1) is 35.0 Å². The van der Waals surface area contributed by atoms with Crippen LogP contribution < -0.4 is 0 Å². The fourth-order valence-electron chi connectivity index (χ4n) is 6.07. The fraction of sp³-hybridized carbons (Fsp3) is 0.619. The quantitative estimate of drug-likeness (QED) is 0.676. The second-order valence-corrected chi connectivity index (χ2v) is 8.27. The number of fused-ring (bicyclic) bond motifs is 5. The van der Waals surface area contributed by atoms with Crippen LogP contribution in [0.25, 0.3) is 0 Å². The first kappa shape index (κ1) is 14.2. The summed E-state index contributed by atoms with van der Waals surface area (Å²) in [7, 11) is 0. The molecule has 0 aromatic heterocycles. The van der Waals surface area contributed by atoms with E-state index in [0.717, 1.165) is 18.3 Å². The standard InChI is InChI=1S/C21H26O/c1-4-20(2)11-10-19-18-7-5-14-13-15(22)6-8-16(14)17(18)9-12-21(19,20)3/h1,6,8,13,17-19,22H,5,7,9-12H2,2-3H3/t17-,18-,19+,20?,21+/m1/s1. The van der Waals surface area contributed by atoms with Gasteiger partial charge in [-0.15, -0.1) is 6.42 Å². The molecule has 1 heteroatoms. The third-order valence-corrected chi connectivity index (χ3v) is 7.63. The van der Waals surface area contributed by atoms with E-state index < -0.39 is 0 Å². The minimum absolute atomic E-state index is 0.0812. The zero-order valence-electron chi connectivity index (χ0n) is 13.7. The van der Waals surface area contributed by atoms with E-state index >= 15 is 0 Å². The Morgan fingerprint density at radius 2 is 2.00 bits per heavy atom. The monoisotopic (exact) mass is 294 g/mol. The Kier molecular flexibility index (Phi) is 2.93. The van der Waals surface area contributed by atoms with Crippen molar-refractivity contribution in [2.24, 2.45) is 22.7 Å².